The molecule has 25 heteroatoms. The molecule has 4 aromatic rings. The number of thioether (sulfide) groups is 1. The lowest BCUT2D eigenvalue weighted by Gasteiger charge is -2.44. The highest BCUT2D eigenvalue weighted by atomic mass is 35.5. The van der Waals surface area contributed by atoms with Crippen molar-refractivity contribution in [3.05, 3.63) is 119 Å². The number of alkyl halides is 3. The molecule has 0 saturated carbocycles. The van der Waals surface area contributed by atoms with Gasteiger partial charge in [-0.1, -0.05) is 67.3 Å². The van der Waals surface area contributed by atoms with Crippen LogP contribution in [0.1, 0.15) is 87.1 Å². The number of amides is 1. The minimum atomic E-state index is -6.10. The fourth-order valence-corrected chi connectivity index (χ4v) is 16.2. The number of benzene rings is 4. The summed E-state index contributed by atoms with van der Waals surface area (Å²) >= 11 is 7.77. The highest BCUT2D eigenvalue weighted by Crippen LogP contribution is 2.44. The molecule has 3 aliphatic heterocycles. The first kappa shape index (κ1) is 65.2. The number of hydrogen-bond acceptors (Lipinski definition) is 15. The molecule has 1 aliphatic carbocycles. The molecular weight excluding hydrogens is 1190 g/mol. The molecule has 2 atom stereocenters. The van der Waals surface area contributed by atoms with Gasteiger partial charge in [-0.05, 0) is 128 Å². The highest BCUT2D eigenvalue weighted by Gasteiger charge is 2.49. The molecule has 4 aliphatic rings. The molecule has 0 bridgehead atoms. The number of sulfonamides is 2. The standard InChI is InChI=1S/C59H77ClF3N7O10S4/c1-58(44-68-30-34-70(35-31-68)82(74,75)39-8-3-2-7-12-56(71)72)25-23-53(45-13-17-48(60)18-14-45)47(41-58)42-67-28-32-69(33-29-67)50-19-15-46(16-20-50)57(73)65-84(78,79)52-21-22-54(55(40-52)83(76,77)59(61,62)63)64-49(43-81-51-10-5-4-6-11-51)24-27-66-26-9-37-80-38-36-66/h4-6,10-11,13-22,40,49,64H,2-3,7-9,12,23-39,41-44H2,1H3,(H,65,73)(H,71,72)/t49-,58-/m1/s1. The van der Waals surface area contributed by atoms with E-state index in [4.69, 9.17) is 21.4 Å². The van der Waals surface area contributed by atoms with Crippen molar-refractivity contribution in [3.8, 4) is 0 Å². The van der Waals surface area contributed by atoms with Crippen LogP contribution in [-0.2, 0) is 39.4 Å². The maximum Gasteiger partial charge on any atom is 0.501 e. The van der Waals surface area contributed by atoms with Gasteiger partial charge in [0.25, 0.3) is 25.8 Å². The van der Waals surface area contributed by atoms with Gasteiger partial charge in [0.15, 0.2) is 0 Å². The van der Waals surface area contributed by atoms with E-state index in [1.54, 1.807) is 16.4 Å². The number of allylic oxidation sites excluding steroid dienone is 1. The fraction of sp³-hybridized carbons (Fsp3) is 0.525. The van der Waals surface area contributed by atoms with Gasteiger partial charge in [-0.3, -0.25) is 14.5 Å². The number of halogens is 4. The van der Waals surface area contributed by atoms with E-state index in [2.05, 4.69) is 44.0 Å². The predicted molar refractivity (Wildman–Crippen MR) is 323 cm³/mol. The molecule has 3 N–H and O–H groups in total. The minimum Gasteiger partial charge on any atom is -0.481 e. The van der Waals surface area contributed by atoms with Crippen LogP contribution in [0.4, 0.5) is 24.5 Å². The zero-order chi connectivity index (χ0) is 60.1. The van der Waals surface area contributed by atoms with E-state index >= 15 is 0 Å². The molecular formula is C59H77ClF3N7O10S4. The van der Waals surface area contributed by atoms with Crippen LogP contribution in [0.25, 0.3) is 5.57 Å². The summed E-state index contributed by atoms with van der Waals surface area (Å²) < 4.78 is 132. The smallest absolute Gasteiger partial charge is 0.481 e. The van der Waals surface area contributed by atoms with Crippen LogP contribution in [0.15, 0.2) is 117 Å². The predicted octanol–water partition coefficient (Wildman–Crippen LogP) is 9.19. The van der Waals surface area contributed by atoms with Crippen molar-refractivity contribution in [2.24, 2.45) is 5.41 Å². The Labute approximate surface area is 502 Å². The van der Waals surface area contributed by atoms with Crippen molar-refractivity contribution in [2.45, 2.75) is 97.4 Å². The fourth-order valence-electron chi connectivity index (χ4n) is 11.5. The summed E-state index contributed by atoms with van der Waals surface area (Å²) in [4.78, 5) is 32.3. The number of aliphatic carboxylic acids is 1. The van der Waals surface area contributed by atoms with E-state index in [0.717, 1.165) is 86.7 Å². The molecule has 0 spiro atoms. The van der Waals surface area contributed by atoms with E-state index in [-0.39, 0.29) is 23.2 Å². The molecule has 84 heavy (non-hydrogen) atoms. The lowest BCUT2D eigenvalue weighted by molar-refractivity contribution is -0.137. The zero-order valence-corrected chi connectivity index (χ0v) is 51.4. The maximum absolute atomic E-state index is 14.3. The summed E-state index contributed by atoms with van der Waals surface area (Å²) in [6.07, 6.45) is 6.47. The van der Waals surface area contributed by atoms with Gasteiger partial charge in [0.1, 0.15) is 4.90 Å². The Morgan fingerprint density at radius 2 is 1.48 bits per heavy atom. The van der Waals surface area contributed by atoms with Crippen molar-refractivity contribution >= 4 is 82.1 Å². The number of carboxylic acid groups (broad SMARTS) is 1. The third-order valence-corrected chi connectivity index (χ3v) is 22.4. The topological polar surface area (TPSA) is 206 Å². The summed E-state index contributed by atoms with van der Waals surface area (Å²) in [5.41, 5.74) is -1.67. The van der Waals surface area contributed by atoms with Crippen molar-refractivity contribution in [1.29, 1.82) is 0 Å². The van der Waals surface area contributed by atoms with Crippen LogP contribution in [0.2, 0.25) is 5.02 Å². The third-order valence-electron chi connectivity index (χ3n) is 16.1. The average molecular weight is 1270 g/mol. The van der Waals surface area contributed by atoms with Crippen LogP contribution >= 0.6 is 23.4 Å². The molecule has 1 amide bonds. The van der Waals surface area contributed by atoms with Crippen LogP contribution in [0.3, 0.4) is 0 Å². The molecule has 0 aromatic heterocycles. The Bertz CT molecular complexity index is 3230. The zero-order valence-electron chi connectivity index (χ0n) is 47.4. The number of nitrogens with one attached hydrogen (secondary N) is 2. The van der Waals surface area contributed by atoms with Crippen LogP contribution in [0.5, 0.6) is 0 Å². The lowest BCUT2D eigenvalue weighted by Crippen LogP contribution is -2.52. The SMILES string of the molecule is C[C@@]1(CN2CCN(S(=O)(=O)CCCCCCC(=O)O)CC2)CCC(c2ccc(Cl)cc2)=C(CN2CCN(c3ccc(C(=O)NS(=O)(=O)c4ccc(N[C@H](CCN5CCCOCC5)CSc5ccccc5)c(S(=O)(=O)C(F)(F)F)c4)cc3)CC2)C1. The Hall–Kier alpha value is -4.76. The number of piperazine rings is 2. The number of unbranched alkanes of at least 4 members (excludes halogenated alkanes) is 3. The first-order chi connectivity index (χ1) is 40.0. The average Bonchev–Trinajstić information content (AvgIpc) is 3.66. The number of sulfone groups is 1. The second-order valence-corrected chi connectivity index (χ2v) is 29.7. The normalized spacial score (nSPS) is 19.9. The lowest BCUT2D eigenvalue weighted by atomic mass is 9.71. The molecule has 3 fully saturated rings. The quantitative estimate of drug-likeness (QED) is 0.0396. The molecule has 460 valence electrons. The van der Waals surface area contributed by atoms with Gasteiger partial charge in [0.2, 0.25) is 10.0 Å². The van der Waals surface area contributed by atoms with Gasteiger partial charge >= 0.3 is 11.5 Å². The number of nitrogens with zero attached hydrogens (tertiary/aromatic N) is 5. The number of carboxylic acids is 1. The van der Waals surface area contributed by atoms with E-state index < -0.39 is 68.8 Å². The van der Waals surface area contributed by atoms with Gasteiger partial charge < -0.3 is 29.9 Å². The molecule has 17 nitrogen and oxygen atoms in total. The second kappa shape index (κ2) is 29.3. The monoisotopic (exact) mass is 1260 g/mol. The van der Waals surface area contributed by atoms with Gasteiger partial charge in [0.05, 0.1) is 22.9 Å². The van der Waals surface area contributed by atoms with E-state index in [0.29, 0.717) is 115 Å². The Morgan fingerprint density at radius 3 is 2.17 bits per heavy atom. The number of hydrogen-bond donors (Lipinski definition) is 3. The first-order valence-corrected chi connectivity index (χ1v) is 34.6. The van der Waals surface area contributed by atoms with Crippen LogP contribution in [0, 0.1) is 5.41 Å². The Morgan fingerprint density at radius 1 is 0.786 bits per heavy atom. The van der Waals surface area contributed by atoms with E-state index in [1.165, 1.54) is 35.0 Å². The molecule has 0 unspecified atom stereocenters. The summed E-state index contributed by atoms with van der Waals surface area (Å²) in [7, 11) is -14.4. The maximum atomic E-state index is 14.3. The van der Waals surface area contributed by atoms with Gasteiger partial charge in [-0.2, -0.15) is 17.5 Å². The molecule has 3 saturated heterocycles. The van der Waals surface area contributed by atoms with Crippen LogP contribution < -0.4 is 14.9 Å². The molecule has 8 rings (SSSR count). The highest BCUT2D eigenvalue weighted by molar-refractivity contribution is 7.99. The number of ether oxygens (including phenoxy) is 1. The van der Waals surface area contributed by atoms with E-state index in [1.807, 2.05) is 47.2 Å². The second-order valence-electron chi connectivity index (χ2n) is 22.5. The summed E-state index contributed by atoms with van der Waals surface area (Å²) in [6, 6.07) is 25.5. The number of carbonyl (C=O) groups excluding carboxylic acids is 1. The molecule has 4 aromatic carbocycles. The van der Waals surface area contributed by atoms with Crippen molar-refractivity contribution in [1.82, 2.24) is 23.7 Å². The summed E-state index contributed by atoms with van der Waals surface area (Å²) in [5.74, 6) is -1.48. The van der Waals surface area contributed by atoms with Gasteiger partial charge in [-0.15, -0.1) is 11.8 Å². The summed E-state index contributed by atoms with van der Waals surface area (Å²) in [6.45, 7) is 12.0. The third kappa shape index (κ3) is 18.2. The van der Waals surface area contributed by atoms with E-state index in [9.17, 15) is 48.0 Å². The number of rotatable bonds is 26. The Balaban J connectivity index is 0.879. The van der Waals surface area contributed by atoms with Crippen molar-refractivity contribution in [3.63, 3.8) is 0 Å². The van der Waals surface area contributed by atoms with Crippen molar-refractivity contribution in [2.75, 3.05) is 120 Å². The number of carbonyl (C=O) groups is 2. The van der Waals surface area contributed by atoms with Gasteiger partial charge in [0, 0.05) is 131 Å². The Kier molecular flexibility index (Phi) is 22.7. The first-order valence-electron chi connectivity index (χ1n) is 28.7. The minimum absolute atomic E-state index is 0.0377. The van der Waals surface area contributed by atoms with Crippen molar-refractivity contribution < 1.29 is 57.9 Å². The molecule has 0 radical (unpaired) electrons. The van der Waals surface area contributed by atoms with Crippen LogP contribution in [-0.4, -0.2) is 183 Å². The largest absolute Gasteiger partial charge is 0.501 e. The van der Waals surface area contributed by atoms with Gasteiger partial charge in [-0.25, -0.2) is 30.0 Å². The molecule has 3 heterocycles. The number of anilines is 2. The summed E-state index contributed by atoms with van der Waals surface area (Å²) in [5, 5.41) is 12.5.